The number of thiophene rings is 1. The molecule has 2 fully saturated rings. The molecule has 0 spiro atoms. The van der Waals surface area contributed by atoms with Crippen molar-refractivity contribution in [2.45, 2.75) is 64.8 Å². The molecule has 4 N–H and O–H groups in total. The number of aromatic nitrogens is 1. The minimum absolute atomic E-state index is 0.0156. The lowest BCUT2D eigenvalue weighted by Gasteiger charge is -2.34. The molecule has 0 unspecified atom stereocenters. The summed E-state index contributed by atoms with van der Waals surface area (Å²) in [5.74, 6) is 1.22. The number of thiocarbonyl (C=S) groups is 1. The van der Waals surface area contributed by atoms with Gasteiger partial charge in [-0.05, 0) is 82.5 Å². The average molecular weight is 488 g/mol. The first-order valence-corrected chi connectivity index (χ1v) is 12.8. The van der Waals surface area contributed by atoms with Crippen LogP contribution in [0.4, 0.5) is 10.7 Å². The first-order chi connectivity index (χ1) is 15.8. The first-order valence-electron chi connectivity index (χ1n) is 11.6. The van der Waals surface area contributed by atoms with E-state index in [4.69, 9.17) is 22.5 Å². The summed E-state index contributed by atoms with van der Waals surface area (Å²) in [6.07, 6.45) is 6.39. The van der Waals surface area contributed by atoms with Crippen LogP contribution in [0.1, 0.15) is 64.4 Å². The fourth-order valence-electron chi connectivity index (χ4n) is 4.62. The molecular weight excluding hydrogens is 458 g/mol. The zero-order chi connectivity index (χ0) is 23.3. The number of hydrogen-bond acceptors (Lipinski definition) is 6. The van der Waals surface area contributed by atoms with Crippen molar-refractivity contribution < 1.29 is 14.1 Å². The average Bonchev–Trinajstić information content (AvgIpc) is 3.69. The summed E-state index contributed by atoms with van der Waals surface area (Å²) in [5.41, 5.74) is 9.30. The number of fused-ring (bicyclic) bond motifs is 1. The monoisotopic (exact) mass is 487 g/mol. The summed E-state index contributed by atoms with van der Waals surface area (Å²) in [7, 11) is 0. The van der Waals surface area contributed by atoms with E-state index in [1.54, 1.807) is 0 Å². The minimum atomic E-state index is -0.106. The fourth-order valence-corrected chi connectivity index (χ4v) is 6.10. The van der Waals surface area contributed by atoms with Crippen LogP contribution < -0.4 is 21.3 Å². The van der Waals surface area contributed by atoms with Crippen molar-refractivity contribution in [2.24, 2.45) is 17.6 Å². The van der Waals surface area contributed by atoms with E-state index in [1.165, 1.54) is 11.3 Å². The van der Waals surface area contributed by atoms with Gasteiger partial charge in [-0.1, -0.05) is 5.16 Å². The number of amides is 2. The lowest BCUT2D eigenvalue weighted by atomic mass is 9.89. The lowest BCUT2D eigenvalue weighted by molar-refractivity contribution is -0.117. The third-order valence-electron chi connectivity index (χ3n) is 6.73. The molecule has 0 radical (unpaired) electrons. The predicted octanol–water partition coefficient (Wildman–Crippen LogP) is 3.45. The highest BCUT2D eigenvalue weighted by molar-refractivity contribution is 7.80. The van der Waals surface area contributed by atoms with Gasteiger partial charge in [0.2, 0.25) is 5.91 Å². The van der Waals surface area contributed by atoms with Crippen LogP contribution in [0.25, 0.3) is 0 Å². The maximum absolute atomic E-state index is 13.3. The smallest absolute Gasteiger partial charge is 0.254 e. The summed E-state index contributed by atoms with van der Waals surface area (Å²) in [6, 6.07) is -0.0247. The molecule has 2 saturated carbocycles. The van der Waals surface area contributed by atoms with E-state index in [0.29, 0.717) is 35.2 Å². The van der Waals surface area contributed by atoms with Crippen molar-refractivity contribution in [3.63, 3.8) is 0 Å². The van der Waals surface area contributed by atoms with E-state index in [9.17, 15) is 9.59 Å². The zero-order valence-electron chi connectivity index (χ0n) is 18.9. The van der Waals surface area contributed by atoms with Crippen LogP contribution in [0, 0.1) is 25.7 Å². The van der Waals surface area contributed by atoms with E-state index < -0.39 is 0 Å². The van der Waals surface area contributed by atoms with E-state index in [2.05, 4.69) is 15.8 Å². The second kappa shape index (κ2) is 8.72. The van der Waals surface area contributed by atoms with E-state index in [1.807, 2.05) is 18.7 Å². The number of rotatable bonds is 7. The van der Waals surface area contributed by atoms with Crippen LogP contribution in [0.2, 0.25) is 0 Å². The molecule has 2 aromatic heterocycles. The van der Waals surface area contributed by atoms with E-state index >= 15 is 0 Å². The Labute approximate surface area is 202 Å². The highest BCUT2D eigenvalue weighted by atomic mass is 32.1. The zero-order valence-corrected chi connectivity index (χ0v) is 20.5. The Morgan fingerprint density at radius 2 is 2.00 bits per heavy atom. The maximum Gasteiger partial charge on any atom is 0.254 e. The number of nitrogens with zero attached hydrogens (tertiary/aromatic N) is 2. The molecule has 1 atom stereocenters. The standard InChI is InChI=1S/C23H29N5O3S2/c1-11-19(12(2)31-27-11)28(23(24)32)15-7-8-17-16(9-15)18(21(30)25-10-13-3-4-13)22(33-17)26-20(29)14-5-6-14/h13-15H,3-10H2,1-2H3,(H2,24,32)(H,25,30)(H,26,29)/t15-/m0/s1. The van der Waals surface area contributed by atoms with Crippen LogP contribution in [-0.2, 0) is 17.6 Å². The van der Waals surface area contributed by atoms with Crippen molar-refractivity contribution >= 4 is 51.2 Å². The topological polar surface area (TPSA) is 113 Å². The molecular formula is C23H29N5O3S2. The molecule has 0 aromatic carbocycles. The molecule has 2 aromatic rings. The van der Waals surface area contributed by atoms with Gasteiger partial charge in [-0.3, -0.25) is 9.59 Å². The van der Waals surface area contributed by atoms with Gasteiger partial charge in [-0.15, -0.1) is 11.3 Å². The van der Waals surface area contributed by atoms with Gasteiger partial charge in [-0.25, -0.2) is 0 Å². The molecule has 176 valence electrons. The molecule has 0 aliphatic heterocycles. The Morgan fingerprint density at radius 1 is 1.24 bits per heavy atom. The van der Waals surface area contributed by atoms with Crippen LogP contribution >= 0.6 is 23.6 Å². The number of nitrogens with two attached hydrogens (primary N) is 1. The van der Waals surface area contributed by atoms with Crippen LogP contribution in [0.5, 0.6) is 0 Å². The third-order valence-corrected chi connectivity index (χ3v) is 8.14. The second-order valence-electron chi connectivity index (χ2n) is 9.40. The normalized spacial score (nSPS) is 19.6. The van der Waals surface area contributed by atoms with E-state index in [-0.39, 0.29) is 28.9 Å². The molecule has 3 aliphatic carbocycles. The van der Waals surface area contributed by atoms with Crippen molar-refractivity contribution in [1.82, 2.24) is 10.5 Å². The van der Waals surface area contributed by atoms with E-state index in [0.717, 1.165) is 60.3 Å². The second-order valence-corrected chi connectivity index (χ2v) is 10.9. The molecule has 3 aliphatic rings. The van der Waals surface area contributed by atoms with Crippen LogP contribution in [-0.4, -0.2) is 34.7 Å². The maximum atomic E-state index is 13.3. The van der Waals surface area contributed by atoms with Gasteiger partial charge in [0.15, 0.2) is 10.9 Å². The number of carbonyl (C=O) groups excluding carboxylic acids is 2. The van der Waals surface area contributed by atoms with Crippen molar-refractivity contribution in [2.75, 3.05) is 16.8 Å². The van der Waals surface area contributed by atoms with Crippen LogP contribution in [0.3, 0.4) is 0 Å². The van der Waals surface area contributed by atoms with Crippen molar-refractivity contribution in [3.05, 3.63) is 27.5 Å². The van der Waals surface area contributed by atoms with Crippen molar-refractivity contribution in [3.8, 4) is 0 Å². The summed E-state index contributed by atoms with van der Waals surface area (Å²) in [6.45, 7) is 4.40. The third kappa shape index (κ3) is 4.50. The Morgan fingerprint density at radius 3 is 2.61 bits per heavy atom. The highest BCUT2D eigenvalue weighted by Crippen LogP contribution is 2.42. The van der Waals surface area contributed by atoms with Gasteiger partial charge < -0.3 is 25.8 Å². The number of nitrogens with one attached hydrogen (secondary N) is 2. The fraction of sp³-hybridized carbons (Fsp3) is 0.565. The van der Waals surface area contributed by atoms with Gasteiger partial charge in [0.25, 0.3) is 5.91 Å². The minimum Gasteiger partial charge on any atom is -0.376 e. The molecule has 10 heteroatoms. The molecule has 2 heterocycles. The number of carbonyl (C=O) groups is 2. The van der Waals surface area contributed by atoms with Gasteiger partial charge in [0.05, 0.1) is 5.56 Å². The Balaban J connectivity index is 1.47. The Kier molecular flexibility index (Phi) is 5.90. The predicted molar refractivity (Wildman–Crippen MR) is 132 cm³/mol. The van der Waals surface area contributed by atoms with Gasteiger partial charge in [0.1, 0.15) is 16.4 Å². The summed E-state index contributed by atoms with van der Waals surface area (Å²) in [5, 5.41) is 11.2. The number of hydrogen-bond donors (Lipinski definition) is 3. The Bertz CT molecular complexity index is 1100. The largest absolute Gasteiger partial charge is 0.376 e. The molecule has 0 bridgehead atoms. The summed E-state index contributed by atoms with van der Waals surface area (Å²) >= 11 is 6.96. The lowest BCUT2D eigenvalue weighted by Crippen LogP contribution is -2.47. The van der Waals surface area contributed by atoms with Gasteiger partial charge in [0, 0.05) is 23.4 Å². The molecule has 33 heavy (non-hydrogen) atoms. The number of anilines is 2. The van der Waals surface area contributed by atoms with Crippen LogP contribution in [0.15, 0.2) is 4.52 Å². The summed E-state index contributed by atoms with van der Waals surface area (Å²) in [4.78, 5) is 28.9. The van der Waals surface area contributed by atoms with Gasteiger partial charge in [-0.2, -0.15) is 0 Å². The Hall–Kier alpha value is -2.46. The molecule has 8 nitrogen and oxygen atoms in total. The number of aryl methyl sites for hydroxylation is 3. The first kappa shape index (κ1) is 22.3. The summed E-state index contributed by atoms with van der Waals surface area (Å²) < 4.78 is 5.37. The highest BCUT2D eigenvalue weighted by Gasteiger charge is 2.37. The quantitative estimate of drug-likeness (QED) is 0.513. The van der Waals surface area contributed by atoms with Crippen molar-refractivity contribution in [1.29, 1.82) is 0 Å². The van der Waals surface area contributed by atoms with Gasteiger partial charge >= 0.3 is 0 Å². The molecule has 2 amide bonds. The molecule has 5 rings (SSSR count). The SMILES string of the molecule is Cc1noc(C)c1N(C(N)=S)[C@H]1CCc2sc(NC(=O)C3CC3)c(C(=O)NCC3CC3)c2C1. The molecule has 0 saturated heterocycles.